The van der Waals surface area contributed by atoms with Gasteiger partial charge < -0.3 is 24.8 Å². The van der Waals surface area contributed by atoms with E-state index in [0.717, 1.165) is 0 Å². The van der Waals surface area contributed by atoms with E-state index in [1.807, 2.05) is 6.92 Å². The van der Waals surface area contributed by atoms with Gasteiger partial charge in [0.25, 0.3) is 0 Å². The first-order valence-electron chi connectivity index (χ1n) is 11.6. The maximum Gasteiger partial charge on any atom is 0.408 e. The molecule has 1 aliphatic heterocycles. The van der Waals surface area contributed by atoms with Gasteiger partial charge in [0.15, 0.2) is 0 Å². The number of nitrogens with one attached hydrogen (secondary N) is 1. The summed E-state index contributed by atoms with van der Waals surface area (Å²) in [4.78, 5) is 53.1. The molecule has 1 aliphatic carbocycles. The Kier molecular flexibility index (Phi) is 7.51. The molecule has 1 aromatic heterocycles. The second-order valence-electron chi connectivity index (χ2n) is 10.2. The van der Waals surface area contributed by atoms with Crippen molar-refractivity contribution in [2.75, 3.05) is 18.0 Å². The fourth-order valence-corrected chi connectivity index (χ4v) is 4.92. The maximum atomic E-state index is 12.5. The van der Waals surface area contributed by atoms with Gasteiger partial charge in [0, 0.05) is 43.1 Å². The van der Waals surface area contributed by atoms with Gasteiger partial charge in [0.05, 0.1) is 17.4 Å². The molecule has 2 N–H and O–H groups in total. The number of carboxylic acid groups (broad SMARTS) is 1. The van der Waals surface area contributed by atoms with Gasteiger partial charge in [-0.25, -0.2) is 4.79 Å². The van der Waals surface area contributed by atoms with Gasteiger partial charge in [-0.15, -0.1) is 0 Å². The molecule has 2 aliphatic rings. The molecule has 0 spiro atoms. The van der Waals surface area contributed by atoms with Crippen LogP contribution >= 0.6 is 0 Å². The van der Waals surface area contributed by atoms with Gasteiger partial charge in [0.1, 0.15) is 23.6 Å². The average molecular weight is 493 g/mol. The number of esters is 1. The van der Waals surface area contributed by atoms with E-state index in [4.69, 9.17) is 9.47 Å². The van der Waals surface area contributed by atoms with Crippen LogP contribution in [0.1, 0.15) is 64.6 Å². The number of fused-ring (bicyclic) bond motifs is 1. The Labute approximate surface area is 203 Å². The minimum atomic E-state index is -0.956. The molecule has 0 bridgehead atoms. The number of aliphatic carboxylic acids is 1. The van der Waals surface area contributed by atoms with Crippen LogP contribution < -0.4 is 10.2 Å². The summed E-state index contributed by atoms with van der Waals surface area (Å²) in [5.74, 6) is -2.07. The molecule has 0 radical (unpaired) electrons. The second kappa shape index (κ2) is 10.0. The number of nitro groups is 1. The summed E-state index contributed by atoms with van der Waals surface area (Å²) in [5.41, 5.74) is 0.648. The minimum absolute atomic E-state index is 0.106. The Bertz CT molecular complexity index is 1020. The summed E-state index contributed by atoms with van der Waals surface area (Å²) >= 11 is 0. The van der Waals surface area contributed by atoms with Crippen LogP contribution in [0.25, 0.3) is 0 Å². The highest BCUT2D eigenvalue weighted by atomic mass is 16.6. The summed E-state index contributed by atoms with van der Waals surface area (Å²) in [7, 11) is 0. The smallest absolute Gasteiger partial charge is 0.408 e. The number of hydrogen-bond acceptors (Lipinski definition) is 9. The van der Waals surface area contributed by atoms with E-state index in [1.165, 1.54) is 13.1 Å². The van der Waals surface area contributed by atoms with Crippen LogP contribution in [0.2, 0.25) is 0 Å². The van der Waals surface area contributed by atoms with Crippen molar-refractivity contribution in [3.8, 4) is 0 Å². The van der Waals surface area contributed by atoms with Crippen LogP contribution in [-0.4, -0.2) is 63.9 Å². The van der Waals surface area contributed by atoms with Crippen LogP contribution in [0.15, 0.2) is 6.20 Å². The number of nitrogens with zero attached hydrogens (tertiary/aromatic N) is 3. The lowest BCUT2D eigenvalue weighted by atomic mass is 9.91. The number of alkyl carbamates (subject to hydrolysis) is 1. The van der Waals surface area contributed by atoms with Gasteiger partial charge in [0.2, 0.25) is 0 Å². The van der Waals surface area contributed by atoms with Crippen molar-refractivity contribution in [1.29, 1.82) is 0 Å². The number of anilines is 1. The molecule has 4 atom stereocenters. The number of carbonyl (C=O) groups is 3. The van der Waals surface area contributed by atoms with Crippen molar-refractivity contribution >= 4 is 29.4 Å². The zero-order valence-electron chi connectivity index (χ0n) is 20.6. The normalized spacial score (nSPS) is 23.9. The Balaban J connectivity index is 1.99. The zero-order chi connectivity index (χ0) is 26.1. The molecule has 12 nitrogen and oxygen atoms in total. The van der Waals surface area contributed by atoms with E-state index in [9.17, 15) is 29.6 Å². The number of carbonyl (C=O) groups excluding carboxylic acids is 2. The number of carboxylic acids is 1. The Morgan fingerprint density at radius 2 is 2.00 bits per heavy atom. The van der Waals surface area contributed by atoms with Gasteiger partial charge >= 0.3 is 23.7 Å². The van der Waals surface area contributed by atoms with E-state index in [-0.39, 0.29) is 30.5 Å². The summed E-state index contributed by atoms with van der Waals surface area (Å²) in [6.45, 7) is 8.75. The Morgan fingerprint density at radius 3 is 2.57 bits per heavy atom. The third-order valence-electron chi connectivity index (χ3n) is 6.11. The SMILES string of the molecule is CC(=O)O[C@@H]1[C@@H](C)CN(c2c([N+](=O)[O-])cnc3c2CCC3CC(=O)O)C[C@H]1NC(=O)OC(C)(C)C. The van der Waals surface area contributed by atoms with Crippen molar-refractivity contribution in [2.45, 2.75) is 77.5 Å². The second-order valence-corrected chi connectivity index (χ2v) is 10.2. The zero-order valence-corrected chi connectivity index (χ0v) is 20.6. The molecule has 3 rings (SSSR count). The number of amides is 1. The van der Waals surface area contributed by atoms with E-state index < -0.39 is 40.7 Å². The number of ether oxygens (including phenoxy) is 2. The van der Waals surface area contributed by atoms with Crippen molar-refractivity contribution in [3.05, 3.63) is 27.6 Å². The van der Waals surface area contributed by atoms with Crippen molar-refractivity contribution < 1.29 is 33.9 Å². The largest absolute Gasteiger partial charge is 0.481 e. The maximum absolute atomic E-state index is 12.5. The lowest BCUT2D eigenvalue weighted by Crippen LogP contribution is -2.60. The van der Waals surface area contributed by atoms with Crippen LogP contribution in [0.3, 0.4) is 0 Å². The lowest BCUT2D eigenvalue weighted by Gasteiger charge is -2.43. The molecule has 192 valence electrons. The molecule has 35 heavy (non-hydrogen) atoms. The number of hydrogen-bond donors (Lipinski definition) is 2. The molecule has 0 aromatic carbocycles. The minimum Gasteiger partial charge on any atom is -0.481 e. The molecular formula is C23H32N4O8. The van der Waals surface area contributed by atoms with Crippen LogP contribution in [-0.2, 0) is 25.5 Å². The van der Waals surface area contributed by atoms with Gasteiger partial charge in [-0.05, 0) is 33.6 Å². The van der Waals surface area contributed by atoms with E-state index in [2.05, 4.69) is 10.3 Å². The third kappa shape index (κ3) is 6.17. The number of rotatable bonds is 6. The predicted octanol–water partition coefficient (Wildman–Crippen LogP) is 2.78. The highest BCUT2D eigenvalue weighted by Gasteiger charge is 2.42. The lowest BCUT2D eigenvalue weighted by molar-refractivity contribution is -0.384. The van der Waals surface area contributed by atoms with Gasteiger partial charge in [-0.1, -0.05) is 6.92 Å². The van der Waals surface area contributed by atoms with Crippen LogP contribution in [0.4, 0.5) is 16.2 Å². The molecule has 1 amide bonds. The van der Waals surface area contributed by atoms with Crippen LogP contribution in [0, 0.1) is 16.0 Å². The molecule has 2 heterocycles. The fourth-order valence-electron chi connectivity index (χ4n) is 4.92. The first-order chi connectivity index (χ1) is 16.3. The van der Waals surface area contributed by atoms with Crippen molar-refractivity contribution in [1.82, 2.24) is 10.3 Å². The average Bonchev–Trinajstić information content (AvgIpc) is 3.10. The van der Waals surface area contributed by atoms with Crippen molar-refractivity contribution in [3.63, 3.8) is 0 Å². The fraction of sp³-hybridized carbons (Fsp3) is 0.652. The summed E-state index contributed by atoms with van der Waals surface area (Å²) < 4.78 is 10.9. The van der Waals surface area contributed by atoms with Gasteiger partial charge in [-0.2, -0.15) is 0 Å². The molecule has 1 fully saturated rings. The van der Waals surface area contributed by atoms with E-state index >= 15 is 0 Å². The van der Waals surface area contributed by atoms with E-state index in [0.29, 0.717) is 36.3 Å². The monoisotopic (exact) mass is 492 g/mol. The van der Waals surface area contributed by atoms with Gasteiger partial charge in [-0.3, -0.25) is 24.7 Å². The highest BCUT2D eigenvalue weighted by molar-refractivity contribution is 5.73. The summed E-state index contributed by atoms with van der Waals surface area (Å²) in [6, 6.07) is -0.697. The molecule has 1 unspecified atom stereocenters. The molecular weight excluding hydrogens is 460 g/mol. The molecule has 1 saturated heterocycles. The number of piperidine rings is 1. The molecule has 12 heteroatoms. The first kappa shape index (κ1) is 26.2. The summed E-state index contributed by atoms with van der Waals surface area (Å²) in [6.07, 6.45) is 0.703. The molecule has 1 aromatic rings. The topological polar surface area (TPSA) is 161 Å². The Morgan fingerprint density at radius 1 is 1.31 bits per heavy atom. The first-order valence-corrected chi connectivity index (χ1v) is 11.6. The van der Waals surface area contributed by atoms with Crippen molar-refractivity contribution in [2.24, 2.45) is 5.92 Å². The predicted molar refractivity (Wildman–Crippen MR) is 124 cm³/mol. The molecule has 0 saturated carbocycles. The van der Waals surface area contributed by atoms with Crippen LogP contribution in [0.5, 0.6) is 0 Å². The summed E-state index contributed by atoms with van der Waals surface area (Å²) in [5, 5.41) is 23.9. The Hall–Kier alpha value is -3.44. The quantitative estimate of drug-likeness (QED) is 0.343. The number of aromatic nitrogens is 1. The van der Waals surface area contributed by atoms with E-state index in [1.54, 1.807) is 25.7 Å². The third-order valence-corrected chi connectivity index (χ3v) is 6.11. The number of pyridine rings is 1. The highest BCUT2D eigenvalue weighted by Crippen LogP contribution is 2.44. The standard InChI is InChI=1S/C23H32N4O8/c1-12-10-26(11-16(21(12)34-13(2)28)25-22(31)35-23(3,4)5)20-15-7-6-14(8-18(29)30)19(15)24-9-17(20)27(32)33/h9,12,14,16,21H,6-8,10-11H2,1-5H3,(H,25,31)(H,29,30)/t12-,14?,16+,21+/m0/s1.